The fourth-order valence-electron chi connectivity index (χ4n) is 1.30. The van der Waals surface area contributed by atoms with E-state index in [1.54, 1.807) is 19.1 Å². The highest BCUT2D eigenvalue weighted by atomic mass is 16.1. The predicted molar refractivity (Wildman–Crippen MR) is 55.4 cm³/mol. The summed E-state index contributed by atoms with van der Waals surface area (Å²) >= 11 is 0. The Balaban J connectivity index is 2.78. The van der Waals surface area contributed by atoms with E-state index in [9.17, 15) is 9.59 Å². The van der Waals surface area contributed by atoms with Crippen LogP contribution in [0.25, 0.3) is 0 Å². The van der Waals surface area contributed by atoms with Gasteiger partial charge < -0.3 is 0 Å². The minimum Gasteiger partial charge on any atom is -0.300 e. The van der Waals surface area contributed by atoms with Crippen LogP contribution in [0, 0.1) is 0 Å². The summed E-state index contributed by atoms with van der Waals surface area (Å²) in [5.74, 6) is 0.277. The topological polar surface area (TPSA) is 34.1 Å². The van der Waals surface area contributed by atoms with Gasteiger partial charge in [0, 0.05) is 18.4 Å². The van der Waals surface area contributed by atoms with Gasteiger partial charge in [0.2, 0.25) is 0 Å². The molecule has 0 aromatic heterocycles. The summed E-state index contributed by atoms with van der Waals surface area (Å²) in [6, 6.07) is 7.24. The molecule has 0 aliphatic heterocycles. The van der Waals surface area contributed by atoms with Gasteiger partial charge in [-0.1, -0.05) is 31.2 Å². The third-order valence-corrected chi connectivity index (χ3v) is 2.05. The molecule has 74 valence electrons. The molecule has 0 saturated carbocycles. The second-order valence-electron chi connectivity index (χ2n) is 3.35. The summed E-state index contributed by atoms with van der Waals surface area (Å²) in [6.07, 6.45) is 0.965. The van der Waals surface area contributed by atoms with Gasteiger partial charge in [-0.3, -0.25) is 9.59 Å². The highest BCUT2D eigenvalue weighted by Gasteiger charge is 2.03. The third kappa shape index (κ3) is 2.80. The standard InChI is InChI=1S/C12H14O2/c1-3-12(14)11-6-4-10(5-7-11)8-9(2)13/h4-7H,3,8H2,1-2H3. The van der Waals surface area contributed by atoms with Crippen molar-refractivity contribution in [1.29, 1.82) is 0 Å². The van der Waals surface area contributed by atoms with E-state index in [0.29, 0.717) is 12.8 Å². The van der Waals surface area contributed by atoms with Gasteiger partial charge in [-0.05, 0) is 12.5 Å². The Morgan fingerprint density at radius 1 is 1.14 bits per heavy atom. The van der Waals surface area contributed by atoms with Crippen molar-refractivity contribution >= 4 is 11.6 Å². The van der Waals surface area contributed by atoms with E-state index in [4.69, 9.17) is 0 Å². The zero-order valence-corrected chi connectivity index (χ0v) is 8.54. The molecule has 0 radical (unpaired) electrons. The zero-order valence-electron chi connectivity index (χ0n) is 8.54. The largest absolute Gasteiger partial charge is 0.300 e. The summed E-state index contributed by atoms with van der Waals surface area (Å²) in [6.45, 7) is 3.40. The maximum atomic E-state index is 11.3. The molecule has 1 aromatic carbocycles. The van der Waals surface area contributed by atoms with E-state index in [0.717, 1.165) is 11.1 Å². The first kappa shape index (κ1) is 10.6. The molecule has 2 nitrogen and oxygen atoms in total. The number of carbonyl (C=O) groups is 2. The molecule has 2 heteroatoms. The molecule has 0 saturated heterocycles. The SMILES string of the molecule is CCC(=O)c1ccc(CC(C)=O)cc1. The molecule has 0 spiro atoms. The second kappa shape index (κ2) is 4.70. The van der Waals surface area contributed by atoms with Crippen LogP contribution in [0.5, 0.6) is 0 Å². The van der Waals surface area contributed by atoms with Gasteiger partial charge in [0.1, 0.15) is 5.78 Å². The number of ketones is 2. The van der Waals surface area contributed by atoms with E-state index in [1.165, 1.54) is 0 Å². The minimum atomic E-state index is 0.138. The van der Waals surface area contributed by atoms with Gasteiger partial charge in [-0.15, -0.1) is 0 Å². The molecule has 14 heavy (non-hydrogen) atoms. The monoisotopic (exact) mass is 190 g/mol. The van der Waals surface area contributed by atoms with Crippen molar-refractivity contribution in [2.75, 3.05) is 0 Å². The average molecular weight is 190 g/mol. The highest BCUT2D eigenvalue weighted by Crippen LogP contribution is 2.07. The minimum absolute atomic E-state index is 0.138. The average Bonchev–Trinajstić information content (AvgIpc) is 2.17. The van der Waals surface area contributed by atoms with Crippen molar-refractivity contribution in [2.24, 2.45) is 0 Å². The van der Waals surface area contributed by atoms with Gasteiger partial charge in [0.05, 0.1) is 0 Å². The Morgan fingerprint density at radius 3 is 2.14 bits per heavy atom. The molecule has 1 rings (SSSR count). The number of hydrogen-bond acceptors (Lipinski definition) is 2. The number of benzene rings is 1. The van der Waals surface area contributed by atoms with E-state index in [-0.39, 0.29) is 11.6 Å². The van der Waals surface area contributed by atoms with Crippen LogP contribution in [0.1, 0.15) is 36.2 Å². The van der Waals surface area contributed by atoms with E-state index in [2.05, 4.69) is 0 Å². The molecule has 0 aliphatic rings. The Kier molecular flexibility index (Phi) is 3.57. The normalized spacial score (nSPS) is 9.86. The zero-order chi connectivity index (χ0) is 10.6. The molecule has 0 fully saturated rings. The highest BCUT2D eigenvalue weighted by molar-refractivity contribution is 5.95. The van der Waals surface area contributed by atoms with Crippen molar-refractivity contribution in [3.63, 3.8) is 0 Å². The molecular formula is C12H14O2. The summed E-state index contributed by atoms with van der Waals surface area (Å²) in [4.78, 5) is 22.1. The van der Waals surface area contributed by atoms with Crippen LogP contribution >= 0.6 is 0 Å². The van der Waals surface area contributed by atoms with Crippen molar-refractivity contribution in [2.45, 2.75) is 26.7 Å². The van der Waals surface area contributed by atoms with Crippen LogP contribution in [-0.4, -0.2) is 11.6 Å². The Labute approximate surface area is 83.9 Å². The Bertz CT molecular complexity index is 336. The van der Waals surface area contributed by atoms with Gasteiger partial charge in [-0.25, -0.2) is 0 Å². The van der Waals surface area contributed by atoms with Crippen LogP contribution in [-0.2, 0) is 11.2 Å². The lowest BCUT2D eigenvalue weighted by molar-refractivity contribution is -0.116. The van der Waals surface area contributed by atoms with E-state index >= 15 is 0 Å². The summed E-state index contributed by atoms with van der Waals surface area (Å²) < 4.78 is 0. The molecule has 0 atom stereocenters. The Morgan fingerprint density at radius 2 is 1.71 bits per heavy atom. The van der Waals surface area contributed by atoms with Crippen molar-refractivity contribution < 1.29 is 9.59 Å². The maximum absolute atomic E-state index is 11.3. The summed E-state index contributed by atoms with van der Waals surface area (Å²) in [5, 5.41) is 0. The van der Waals surface area contributed by atoms with Gasteiger partial charge in [-0.2, -0.15) is 0 Å². The van der Waals surface area contributed by atoms with Crippen molar-refractivity contribution in [3.05, 3.63) is 35.4 Å². The molecule has 0 N–H and O–H groups in total. The first-order valence-corrected chi connectivity index (χ1v) is 4.75. The molecule has 0 amide bonds. The molecule has 0 aliphatic carbocycles. The fraction of sp³-hybridized carbons (Fsp3) is 0.333. The number of hydrogen-bond donors (Lipinski definition) is 0. The van der Waals surface area contributed by atoms with Gasteiger partial charge in [0.15, 0.2) is 5.78 Å². The molecule has 1 aromatic rings. The van der Waals surface area contributed by atoms with Crippen LogP contribution < -0.4 is 0 Å². The predicted octanol–water partition coefficient (Wildman–Crippen LogP) is 2.41. The first-order valence-electron chi connectivity index (χ1n) is 4.75. The van der Waals surface area contributed by atoms with Gasteiger partial charge in [0.25, 0.3) is 0 Å². The lowest BCUT2D eigenvalue weighted by atomic mass is 10.0. The van der Waals surface area contributed by atoms with Crippen LogP contribution in [0.15, 0.2) is 24.3 Å². The lowest BCUT2D eigenvalue weighted by Crippen LogP contribution is -1.99. The quantitative estimate of drug-likeness (QED) is 0.683. The van der Waals surface area contributed by atoms with Crippen LogP contribution in [0.2, 0.25) is 0 Å². The summed E-state index contributed by atoms with van der Waals surface area (Å²) in [5.41, 5.74) is 1.69. The summed E-state index contributed by atoms with van der Waals surface area (Å²) in [7, 11) is 0. The van der Waals surface area contributed by atoms with E-state index in [1.807, 2.05) is 19.1 Å². The second-order valence-corrected chi connectivity index (χ2v) is 3.35. The van der Waals surface area contributed by atoms with Crippen molar-refractivity contribution in [1.82, 2.24) is 0 Å². The van der Waals surface area contributed by atoms with Crippen LogP contribution in [0.3, 0.4) is 0 Å². The number of rotatable bonds is 4. The number of carbonyl (C=O) groups excluding carboxylic acids is 2. The van der Waals surface area contributed by atoms with E-state index < -0.39 is 0 Å². The Hall–Kier alpha value is -1.44. The van der Waals surface area contributed by atoms with Crippen LogP contribution in [0.4, 0.5) is 0 Å². The smallest absolute Gasteiger partial charge is 0.162 e. The van der Waals surface area contributed by atoms with Crippen molar-refractivity contribution in [3.8, 4) is 0 Å². The first-order chi connectivity index (χ1) is 6.63. The third-order valence-electron chi connectivity index (χ3n) is 2.05. The molecular weight excluding hydrogens is 176 g/mol. The maximum Gasteiger partial charge on any atom is 0.162 e. The fourth-order valence-corrected chi connectivity index (χ4v) is 1.30. The molecule has 0 heterocycles. The van der Waals surface area contributed by atoms with Gasteiger partial charge >= 0.3 is 0 Å². The lowest BCUT2D eigenvalue weighted by Gasteiger charge is -2.00. The molecule has 0 unspecified atom stereocenters. The molecule has 0 bridgehead atoms. The number of Topliss-reactive ketones (excluding diaryl/α,β-unsaturated/α-hetero) is 2.